The number of hydrogen-bond donors (Lipinski definition) is 1. The molecule has 1 aliphatic rings. The Hall–Kier alpha value is -0.760. The predicted octanol–water partition coefficient (Wildman–Crippen LogP) is 4.21. The monoisotopic (exact) mass is 235 g/mol. The summed E-state index contributed by atoms with van der Waals surface area (Å²) in [6, 6.07) is 2.66. The van der Waals surface area contributed by atoms with Gasteiger partial charge in [0.05, 0.1) is 6.26 Å². The maximum absolute atomic E-state index is 5.48. The van der Waals surface area contributed by atoms with Crippen molar-refractivity contribution in [3.8, 4) is 0 Å². The number of hydrogen-bond acceptors (Lipinski definition) is 2. The molecule has 17 heavy (non-hydrogen) atoms. The summed E-state index contributed by atoms with van der Waals surface area (Å²) in [5, 5.41) is 3.72. The molecule has 1 unspecified atom stereocenters. The molecule has 0 amide bonds. The van der Waals surface area contributed by atoms with Crippen LogP contribution in [0.4, 0.5) is 0 Å². The lowest BCUT2D eigenvalue weighted by atomic mass is 9.81. The summed E-state index contributed by atoms with van der Waals surface area (Å²) < 4.78 is 5.48. The van der Waals surface area contributed by atoms with E-state index in [2.05, 4.69) is 25.2 Å². The minimum Gasteiger partial charge on any atom is -0.469 e. The Kier molecular flexibility index (Phi) is 4.66. The Morgan fingerprint density at radius 3 is 2.71 bits per heavy atom. The Bertz CT molecular complexity index is 325. The number of furan rings is 1. The second-order valence-electron chi connectivity index (χ2n) is 5.26. The Morgan fingerprint density at radius 1 is 1.35 bits per heavy atom. The second-order valence-corrected chi connectivity index (χ2v) is 5.26. The highest BCUT2D eigenvalue weighted by atomic mass is 16.3. The average molecular weight is 235 g/mol. The molecule has 2 rings (SSSR count). The van der Waals surface area contributed by atoms with Gasteiger partial charge >= 0.3 is 0 Å². The van der Waals surface area contributed by atoms with Crippen LogP contribution in [0, 0.1) is 12.8 Å². The zero-order chi connectivity index (χ0) is 12.1. The van der Waals surface area contributed by atoms with Gasteiger partial charge in [0.1, 0.15) is 5.76 Å². The summed E-state index contributed by atoms with van der Waals surface area (Å²) in [7, 11) is 0. The molecule has 1 aromatic heterocycles. The van der Waals surface area contributed by atoms with Crippen LogP contribution in [0.15, 0.2) is 16.7 Å². The highest BCUT2D eigenvalue weighted by Crippen LogP contribution is 2.35. The predicted molar refractivity (Wildman–Crippen MR) is 71.1 cm³/mol. The summed E-state index contributed by atoms with van der Waals surface area (Å²) in [5.74, 6) is 1.88. The van der Waals surface area contributed by atoms with Crippen LogP contribution in [0.1, 0.15) is 62.8 Å². The highest BCUT2D eigenvalue weighted by Gasteiger charge is 2.26. The van der Waals surface area contributed by atoms with Crippen molar-refractivity contribution in [2.24, 2.45) is 5.92 Å². The molecule has 0 aromatic carbocycles. The third-order valence-corrected chi connectivity index (χ3v) is 3.97. The Balaban J connectivity index is 2.09. The molecular formula is C15H25NO. The van der Waals surface area contributed by atoms with E-state index >= 15 is 0 Å². The maximum Gasteiger partial charge on any atom is 0.105 e. The lowest BCUT2D eigenvalue weighted by Gasteiger charge is -2.31. The van der Waals surface area contributed by atoms with Crippen molar-refractivity contribution in [1.29, 1.82) is 0 Å². The van der Waals surface area contributed by atoms with Gasteiger partial charge in [-0.05, 0) is 44.7 Å². The third kappa shape index (κ3) is 3.12. The van der Waals surface area contributed by atoms with Gasteiger partial charge in [0.2, 0.25) is 0 Å². The molecule has 0 bridgehead atoms. The van der Waals surface area contributed by atoms with Crippen LogP contribution >= 0.6 is 0 Å². The van der Waals surface area contributed by atoms with Crippen LogP contribution in [-0.2, 0) is 0 Å². The van der Waals surface area contributed by atoms with Gasteiger partial charge in [0.25, 0.3) is 0 Å². The number of rotatable bonds is 5. The van der Waals surface area contributed by atoms with Crippen LogP contribution < -0.4 is 5.32 Å². The average Bonchev–Trinajstić information content (AvgIpc) is 2.78. The fourth-order valence-corrected chi connectivity index (χ4v) is 3.02. The van der Waals surface area contributed by atoms with Crippen molar-refractivity contribution in [2.75, 3.05) is 6.54 Å². The van der Waals surface area contributed by atoms with E-state index in [9.17, 15) is 0 Å². The molecule has 0 spiro atoms. The fraction of sp³-hybridized carbons (Fsp3) is 0.733. The van der Waals surface area contributed by atoms with Gasteiger partial charge in [0, 0.05) is 11.6 Å². The van der Waals surface area contributed by atoms with Gasteiger partial charge in [-0.2, -0.15) is 0 Å². The standard InChI is InChI=1S/C15H25NO/c1-3-10-16-15(13-7-5-4-6-8-13)14-9-11-17-12(14)2/h9,11,13,15-16H,3-8,10H2,1-2H3. The summed E-state index contributed by atoms with van der Waals surface area (Å²) >= 11 is 0. The molecule has 1 fully saturated rings. The van der Waals surface area contributed by atoms with E-state index in [1.54, 1.807) is 0 Å². The van der Waals surface area contributed by atoms with Gasteiger partial charge < -0.3 is 9.73 Å². The second kappa shape index (κ2) is 6.25. The van der Waals surface area contributed by atoms with E-state index in [1.807, 2.05) is 6.26 Å². The Labute approximate surface area is 105 Å². The molecule has 1 aromatic rings. The van der Waals surface area contributed by atoms with Crippen LogP contribution in [0.3, 0.4) is 0 Å². The van der Waals surface area contributed by atoms with Gasteiger partial charge in [-0.3, -0.25) is 0 Å². The van der Waals surface area contributed by atoms with Crippen molar-refractivity contribution in [3.63, 3.8) is 0 Å². The van der Waals surface area contributed by atoms with Gasteiger partial charge in [-0.25, -0.2) is 0 Å². The Morgan fingerprint density at radius 2 is 2.12 bits per heavy atom. The SMILES string of the molecule is CCCNC(c1ccoc1C)C1CCCCC1. The largest absolute Gasteiger partial charge is 0.469 e. The molecule has 96 valence electrons. The fourth-order valence-electron chi connectivity index (χ4n) is 3.02. The lowest BCUT2D eigenvalue weighted by molar-refractivity contribution is 0.270. The minimum atomic E-state index is 0.508. The highest BCUT2D eigenvalue weighted by molar-refractivity contribution is 5.21. The van der Waals surface area contributed by atoms with Crippen molar-refractivity contribution in [1.82, 2.24) is 5.32 Å². The molecule has 1 atom stereocenters. The number of aryl methyl sites for hydroxylation is 1. The van der Waals surface area contributed by atoms with E-state index < -0.39 is 0 Å². The van der Waals surface area contributed by atoms with Crippen LogP contribution in [0.5, 0.6) is 0 Å². The van der Waals surface area contributed by atoms with Crippen molar-refractivity contribution in [2.45, 2.75) is 58.4 Å². The van der Waals surface area contributed by atoms with E-state index in [4.69, 9.17) is 4.42 Å². The van der Waals surface area contributed by atoms with Crippen LogP contribution in [-0.4, -0.2) is 6.54 Å². The van der Waals surface area contributed by atoms with Crippen LogP contribution in [0.25, 0.3) is 0 Å². The molecule has 0 radical (unpaired) electrons. The van der Waals surface area contributed by atoms with E-state index in [0.29, 0.717) is 6.04 Å². The first-order chi connectivity index (χ1) is 8.33. The molecule has 1 heterocycles. The zero-order valence-corrected chi connectivity index (χ0v) is 11.2. The summed E-state index contributed by atoms with van der Waals surface area (Å²) in [5.41, 5.74) is 1.38. The van der Waals surface area contributed by atoms with Gasteiger partial charge in [-0.1, -0.05) is 26.2 Å². The smallest absolute Gasteiger partial charge is 0.105 e. The molecule has 2 heteroatoms. The first-order valence-corrected chi connectivity index (χ1v) is 7.10. The third-order valence-electron chi connectivity index (χ3n) is 3.97. The molecule has 1 aliphatic carbocycles. The van der Waals surface area contributed by atoms with E-state index in [0.717, 1.165) is 18.2 Å². The summed E-state index contributed by atoms with van der Waals surface area (Å²) in [6.45, 7) is 5.41. The molecule has 2 nitrogen and oxygen atoms in total. The first kappa shape index (κ1) is 12.7. The van der Waals surface area contributed by atoms with Crippen molar-refractivity contribution < 1.29 is 4.42 Å². The van der Waals surface area contributed by atoms with Gasteiger partial charge in [0.15, 0.2) is 0 Å². The maximum atomic E-state index is 5.48. The summed E-state index contributed by atoms with van der Waals surface area (Å²) in [4.78, 5) is 0. The molecule has 1 saturated carbocycles. The summed E-state index contributed by atoms with van der Waals surface area (Å²) in [6.07, 6.45) is 9.96. The normalized spacial score (nSPS) is 19.4. The van der Waals surface area contributed by atoms with E-state index in [-0.39, 0.29) is 0 Å². The zero-order valence-electron chi connectivity index (χ0n) is 11.2. The molecule has 0 saturated heterocycles. The minimum absolute atomic E-state index is 0.508. The molecular weight excluding hydrogens is 210 g/mol. The molecule has 0 aliphatic heterocycles. The van der Waals surface area contributed by atoms with Crippen molar-refractivity contribution in [3.05, 3.63) is 23.7 Å². The first-order valence-electron chi connectivity index (χ1n) is 7.10. The quantitative estimate of drug-likeness (QED) is 0.827. The van der Waals surface area contributed by atoms with Crippen LogP contribution in [0.2, 0.25) is 0 Å². The topological polar surface area (TPSA) is 25.2 Å². The van der Waals surface area contributed by atoms with Crippen molar-refractivity contribution >= 4 is 0 Å². The molecule has 1 N–H and O–H groups in total. The van der Waals surface area contributed by atoms with E-state index in [1.165, 1.54) is 44.1 Å². The number of nitrogens with one attached hydrogen (secondary N) is 1. The lowest BCUT2D eigenvalue weighted by Crippen LogP contribution is -2.30. The van der Waals surface area contributed by atoms with Gasteiger partial charge in [-0.15, -0.1) is 0 Å².